The molecule has 0 heterocycles. The summed E-state index contributed by atoms with van der Waals surface area (Å²) in [5.74, 6) is 0. The summed E-state index contributed by atoms with van der Waals surface area (Å²) in [7, 11) is 10.1. The van der Waals surface area contributed by atoms with E-state index >= 15 is 0 Å². The van der Waals surface area contributed by atoms with Gasteiger partial charge < -0.3 is 0 Å². The van der Waals surface area contributed by atoms with Crippen LogP contribution in [0.15, 0.2) is 4.26 Å². The Morgan fingerprint density at radius 3 is 1.08 bits per heavy atom. The molecule has 12 heavy (non-hydrogen) atoms. The van der Waals surface area contributed by atoms with Crippen molar-refractivity contribution in [3.8, 4) is 0 Å². The lowest BCUT2D eigenvalue weighted by atomic mass is 11.2. The summed E-state index contributed by atoms with van der Waals surface area (Å²) in [5, 5.41) is 0. The molecule has 0 N–H and O–H groups in total. The van der Waals surface area contributed by atoms with E-state index in [9.17, 15) is 0 Å². The van der Waals surface area contributed by atoms with Crippen molar-refractivity contribution in [1.29, 1.82) is 0 Å². The monoisotopic (exact) mass is 212 g/mol. The predicted octanol–water partition coefficient (Wildman–Crippen LogP) is 1.77. The molecule has 0 aliphatic rings. The molecule has 0 atom stereocenters. The molecule has 0 fully saturated rings. The lowest BCUT2D eigenvalue weighted by Crippen LogP contribution is -2.30. The summed E-state index contributed by atoms with van der Waals surface area (Å²) in [6.07, 6.45) is 0. The van der Waals surface area contributed by atoms with Crippen molar-refractivity contribution in [2.24, 2.45) is 4.26 Å². The first kappa shape index (κ1) is 12.4. The second kappa shape index (κ2) is 4.58. The molecule has 4 nitrogen and oxygen atoms in total. The van der Waals surface area contributed by atoms with Crippen molar-refractivity contribution in [3.63, 3.8) is 0 Å². The molecular weight excluding hydrogens is 195 g/mol. The van der Waals surface area contributed by atoms with Crippen LogP contribution in [0.1, 0.15) is 0 Å². The Bertz CT molecular complexity index is 161. The number of nitrogens with zero attached hydrogens (tertiary/aromatic N) is 4. The second-order valence-corrected chi connectivity index (χ2v) is 7.23. The van der Waals surface area contributed by atoms with E-state index in [-0.39, 0.29) is 0 Å². The highest BCUT2D eigenvalue weighted by molar-refractivity contribution is 7.59. The molecule has 0 saturated heterocycles. The number of halogens is 1. The van der Waals surface area contributed by atoms with Crippen molar-refractivity contribution in [1.82, 2.24) is 14.0 Å². The first-order chi connectivity index (χ1) is 5.39. The molecule has 0 aliphatic carbocycles. The van der Waals surface area contributed by atoms with Gasteiger partial charge in [0.25, 0.3) is 0 Å². The van der Waals surface area contributed by atoms with Crippen molar-refractivity contribution >= 4 is 19.3 Å². The average Bonchev–Trinajstić information content (AvgIpc) is 1.86. The number of hydrogen-bond donors (Lipinski definition) is 0. The van der Waals surface area contributed by atoms with Crippen LogP contribution in [0, 0.1) is 0 Å². The molecule has 6 heteroatoms. The highest BCUT2D eigenvalue weighted by atomic mass is 35.5. The smallest absolute Gasteiger partial charge is 0.184 e. The van der Waals surface area contributed by atoms with Crippen molar-refractivity contribution in [3.05, 3.63) is 0 Å². The van der Waals surface area contributed by atoms with Gasteiger partial charge in [0.1, 0.15) is 0 Å². The molecule has 0 aromatic carbocycles. The predicted molar refractivity (Wildman–Crippen MR) is 56.3 cm³/mol. The van der Waals surface area contributed by atoms with E-state index in [1.807, 2.05) is 42.3 Å². The van der Waals surface area contributed by atoms with Gasteiger partial charge in [0.15, 0.2) is 7.51 Å². The van der Waals surface area contributed by atoms with Gasteiger partial charge in [-0.25, -0.2) is 0 Å². The largest absolute Gasteiger partial charge is 0.251 e. The molecule has 0 saturated carbocycles. The Hall–Kier alpha value is 0.400. The van der Waals surface area contributed by atoms with Crippen LogP contribution in [-0.2, 0) is 0 Å². The van der Waals surface area contributed by atoms with Crippen LogP contribution in [0.3, 0.4) is 0 Å². The highest BCUT2D eigenvalue weighted by Crippen LogP contribution is 2.55. The summed E-state index contributed by atoms with van der Waals surface area (Å²) in [5.41, 5.74) is 0. The number of rotatable bonds is 3. The van der Waals surface area contributed by atoms with E-state index < -0.39 is 7.51 Å². The topological polar surface area (TPSA) is 22.1 Å². The molecule has 0 bridgehead atoms. The van der Waals surface area contributed by atoms with E-state index in [1.54, 1.807) is 0 Å². The molecule has 74 valence electrons. The first-order valence-corrected chi connectivity index (χ1v) is 5.59. The van der Waals surface area contributed by atoms with Crippen LogP contribution in [-0.4, -0.2) is 56.3 Å². The second-order valence-electron chi connectivity index (χ2n) is 3.15. The van der Waals surface area contributed by atoms with Gasteiger partial charge in [-0.3, -0.25) is 14.0 Å². The minimum Gasteiger partial charge on any atom is -0.251 e. The maximum Gasteiger partial charge on any atom is 0.184 e. The number of hydrogen-bond acceptors (Lipinski definition) is 1. The molecule has 0 amide bonds. The summed E-state index contributed by atoms with van der Waals surface area (Å²) in [6.45, 7) is 0. The molecule has 0 aromatic rings. The third-order valence-electron chi connectivity index (χ3n) is 1.71. The van der Waals surface area contributed by atoms with Gasteiger partial charge >= 0.3 is 0 Å². The van der Waals surface area contributed by atoms with Crippen molar-refractivity contribution in [2.45, 2.75) is 0 Å². The summed E-state index contributed by atoms with van der Waals surface area (Å²) in [4.78, 5) is 0. The van der Waals surface area contributed by atoms with Gasteiger partial charge in [-0.15, -0.1) is 0 Å². The minimum atomic E-state index is -1.80. The van der Waals surface area contributed by atoms with E-state index in [1.165, 1.54) is 0 Å². The van der Waals surface area contributed by atoms with Gasteiger partial charge in [0, 0.05) is 11.8 Å². The summed E-state index contributed by atoms with van der Waals surface area (Å²) in [6, 6.07) is 0. The standard InChI is InChI=1S/C6H18ClN4P/c1-9(2)12(8-7,10(3)4)11(5)6/h1-6H3. The lowest BCUT2D eigenvalue weighted by Gasteiger charge is -2.39. The molecule has 0 rings (SSSR count). The molecule has 0 spiro atoms. The Morgan fingerprint density at radius 2 is 1.08 bits per heavy atom. The lowest BCUT2D eigenvalue weighted by molar-refractivity contribution is 0.475. The van der Waals surface area contributed by atoms with Gasteiger partial charge in [0.2, 0.25) is 0 Å². The van der Waals surface area contributed by atoms with E-state index in [0.29, 0.717) is 0 Å². The molecule has 0 radical (unpaired) electrons. The van der Waals surface area contributed by atoms with E-state index in [4.69, 9.17) is 11.8 Å². The van der Waals surface area contributed by atoms with Gasteiger partial charge in [-0.2, -0.15) is 4.26 Å². The molecule has 0 aromatic heterocycles. The fourth-order valence-corrected chi connectivity index (χ4v) is 5.05. The Morgan fingerprint density at radius 1 is 0.833 bits per heavy atom. The van der Waals surface area contributed by atoms with Gasteiger partial charge in [0.05, 0.1) is 0 Å². The minimum absolute atomic E-state index is 1.80. The molecular formula is C6H18ClN4P. The van der Waals surface area contributed by atoms with Crippen molar-refractivity contribution < 1.29 is 0 Å². The van der Waals surface area contributed by atoms with Crippen LogP contribution in [0.25, 0.3) is 0 Å². The van der Waals surface area contributed by atoms with Crippen LogP contribution < -0.4 is 0 Å². The Kier molecular flexibility index (Phi) is 4.74. The van der Waals surface area contributed by atoms with Crippen molar-refractivity contribution in [2.75, 3.05) is 42.3 Å². The highest BCUT2D eigenvalue weighted by Gasteiger charge is 2.27. The first-order valence-electron chi connectivity index (χ1n) is 3.65. The Labute approximate surface area is 80.4 Å². The average molecular weight is 213 g/mol. The Balaban J connectivity index is 5.08. The van der Waals surface area contributed by atoms with Gasteiger partial charge in [-0.05, 0) is 42.3 Å². The van der Waals surface area contributed by atoms with Crippen LogP contribution in [0.2, 0.25) is 0 Å². The quantitative estimate of drug-likeness (QED) is 0.666. The summed E-state index contributed by atoms with van der Waals surface area (Å²) < 4.78 is 10.1. The SMILES string of the molecule is CN(C)P(=NCl)(N(C)C)N(C)C. The molecule has 0 unspecified atom stereocenters. The van der Waals surface area contributed by atoms with E-state index in [2.05, 4.69) is 18.3 Å². The van der Waals surface area contributed by atoms with Gasteiger partial charge in [-0.1, -0.05) is 0 Å². The van der Waals surface area contributed by atoms with Crippen LogP contribution >= 0.6 is 19.3 Å². The maximum atomic E-state index is 5.66. The molecule has 0 aliphatic heterocycles. The van der Waals surface area contributed by atoms with Crippen LogP contribution in [0.5, 0.6) is 0 Å². The maximum absolute atomic E-state index is 5.66. The zero-order chi connectivity index (χ0) is 9.94. The fraction of sp³-hybridized carbons (Fsp3) is 1.00. The summed E-state index contributed by atoms with van der Waals surface area (Å²) >= 11 is 5.66. The normalized spacial score (nSPS) is 13.2. The van der Waals surface area contributed by atoms with Crippen LogP contribution in [0.4, 0.5) is 0 Å². The zero-order valence-corrected chi connectivity index (χ0v) is 10.3. The zero-order valence-electron chi connectivity index (χ0n) is 8.61. The fourth-order valence-electron chi connectivity index (χ4n) is 1.28. The third-order valence-corrected chi connectivity index (χ3v) is 5.74. The third kappa shape index (κ3) is 2.01. The van der Waals surface area contributed by atoms with E-state index in [0.717, 1.165) is 0 Å².